The minimum Gasteiger partial charge on any atom is -0.493 e. The van der Waals surface area contributed by atoms with Gasteiger partial charge in [0, 0.05) is 36.6 Å². The van der Waals surface area contributed by atoms with Gasteiger partial charge < -0.3 is 29.3 Å². The average Bonchev–Trinajstić information content (AvgIpc) is 2.76. The molecule has 168 valence electrons. The number of hydrogen-bond acceptors (Lipinski definition) is 6. The van der Waals surface area contributed by atoms with Gasteiger partial charge >= 0.3 is 0 Å². The van der Waals surface area contributed by atoms with Crippen molar-refractivity contribution >= 4 is 11.6 Å². The summed E-state index contributed by atoms with van der Waals surface area (Å²) in [6.45, 7) is 4.05. The lowest BCUT2D eigenvalue weighted by atomic mass is 9.81. The molecule has 0 saturated carbocycles. The van der Waals surface area contributed by atoms with Crippen molar-refractivity contribution < 1.29 is 24.4 Å². The molecule has 1 fully saturated rings. The summed E-state index contributed by atoms with van der Waals surface area (Å²) >= 11 is 6.23. The van der Waals surface area contributed by atoms with Gasteiger partial charge in [0.2, 0.25) is 0 Å². The molecule has 31 heavy (non-hydrogen) atoms. The van der Waals surface area contributed by atoms with E-state index in [1.54, 1.807) is 14.2 Å². The van der Waals surface area contributed by atoms with Crippen molar-refractivity contribution in [3.63, 3.8) is 0 Å². The standard InChI is InChI=1S/C24H30ClNO5/c1-15-10-22-17(12-18(15)25)19(27)13-24(31-22)6-8-26(9-7-24)14-20(28)16-4-5-21(29-2)23(11-16)30-3/h4-5,10-12,19-20,27-28H,6-9,13-14H2,1-3H3/t19-,20+/m0/s1. The van der Waals surface area contributed by atoms with Gasteiger partial charge in [-0.25, -0.2) is 0 Å². The van der Waals surface area contributed by atoms with E-state index >= 15 is 0 Å². The molecular formula is C24H30ClNO5. The molecule has 2 aromatic rings. The van der Waals surface area contributed by atoms with Crippen molar-refractivity contribution in [2.45, 2.75) is 44.0 Å². The number of β-amino-alcohol motifs (C(OH)–C–C–N with tert-alkyl or cyclic N) is 1. The van der Waals surface area contributed by atoms with Gasteiger partial charge in [-0.15, -0.1) is 0 Å². The molecule has 0 bridgehead atoms. The second-order valence-electron chi connectivity index (χ2n) is 8.58. The first kappa shape index (κ1) is 22.2. The van der Waals surface area contributed by atoms with Crippen LogP contribution in [-0.2, 0) is 0 Å². The van der Waals surface area contributed by atoms with Crippen molar-refractivity contribution in [3.8, 4) is 17.2 Å². The summed E-state index contributed by atoms with van der Waals surface area (Å²) in [6.07, 6.45) is 0.946. The van der Waals surface area contributed by atoms with E-state index in [1.165, 1.54) is 0 Å². The molecule has 2 heterocycles. The smallest absolute Gasteiger partial charge is 0.161 e. The first-order chi connectivity index (χ1) is 14.8. The summed E-state index contributed by atoms with van der Waals surface area (Å²) in [7, 11) is 3.18. The van der Waals surface area contributed by atoms with Gasteiger partial charge in [0.25, 0.3) is 0 Å². The van der Waals surface area contributed by atoms with Gasteiger partial charge in [0.15, 0.2) is 11.5 Å². The lowest BCUT2D eigenvalue weighted by Crippen LogP contribution is -2.51. The van der Waals surface area contributed by atoms with Gasteiger partial charge in [-0.2, -0.15) is 0 Å². The number of hydrogen-bond donors (Lipinski definition) is 2. The summed E-state index contributed by atoms with van der Waals surface area (Å²) in [4.78, 5) is 2.24. The molecular weight excluding hydrogens is 418 g/mol. The number of halogens is 1. The van der Waals surface area contributed by atoms with Crippen LogP contribution in [0.4, 0.5) is 0 Å². The Labute approximate surface area is 188 Å². The Morgan fingerprint density at radius 1 is 1.16 bits per heavy atom. The molecule has 0 aromatic heterocycles. The maximum atomic E-state index is 10.8. The summed E-state index contributed by atoms with van der Waals surface area (Å²) in [5, 5.41) is 22.1. The van der Waals surface area contributed by atoms with E-state index in [2.05, 4.69) is 4.90 Å². The number of ether oxygens (including phenoxy) is 3. The van der Waals surface area contributed by atoms with E-state index < -0.39 is 12.2 Å². The molecule has 2 aliphatic heterocycles. The zero-order valence-corrected chi connectivity index (χ0v) is 19.0. The van der Waals surface area contributed by atoms with E-state index in [4.69, 9.17) is 25.8 Å². The Morgan fingerprint density at radius 2 is 1.87 bits per heavy atom. The third-order valence-corrected chi connectivity index (χ3v) is 6.94. The van der Waals surface area contributed by atoms with Crippen LogP contribution in [0.15, 0.2) is 30.3 Å². The van der Waals surface area contributed by atoms with Crippen LogP contribution in [0.5, 0.6) is 17.2 Å². The predicted octanol–water partition coefficient (Wildman–Crippen LogP) is 4.05. The molecule has 1 spiro atoms. The maximum Gasteiger partial charge on any atom is 0.161 e. The quantitative estimate of drug-likeness (QED) is 0.720. The van der Waals surface area contributed by atoms with Gasteiger partial charge in [-0.3, -0.25) is 0 Å². The summed E-state index contributed by atoms with van der Waals surface area (Å²) in [5.74, 6) is 1.98. The Balaban J connectivity index is 1.40. The fourth-order valence-electron chi connectivity index (χ4n) is 4.62. The molecule has 0 aliphatic carbocycles. The molecule has 0 unspecified atom stereocenters. The minimum atomic E-state index is -0.628. The Kier molecular flexibility index (Phi) is 6.35. The van der Waals surface area contributed by atoms with Crippen LogP contribution in [0.1, 0.15) is 48.2 Å². The number of aryl methyl sites for hydroxylation is 1. The highest BCUT2D eigenvalue weighted by molar-refractivity contribution is 6.31. The van der Waals surface area contributed by atoms with Crippen LogP contribution in [0.25, 0.3) is 0 Å². The van der Waals surface area contributed by atoms with Gasteiger partial charge in [0.05, 0.1) is 26.4 Å². The van der Waals surface area contributed by atoms with Gasteiger partial charge in [-0.1, -0.05) is 17.7 Å². The normalized spacial score (nSPS) is 21.3. The number of nitrogens with zero attached hydrogens (tertiary/aromatic N) is 1. The number of rotatable bonds is 5. The van der Waals surface area contributed by atoms with Crippen LogP contribution < -0.4 is 14.2 Å². The van der Waals surface area contributed by atoms with Crippen molar-refractivity contribution in [2.75, 3.05) is 33.9 Å². The molecule has 2 aromatic carbocycles. The molecule has 6 nitrogen and oxygen atoms in total. The number of likely N-dealkylation sites (tertiary alicyclic amines) is 1. The SMILES string of the molecule is COc1ccc([C@H](O)CN2CCC3(CC2)C[C@H](O)c2cc(Cl)c(C)cc2O3)cc1OC. The molecule has 2 N–H and O–H groups in total. The van der Waals surface area contributed by atoms with E-state index in [0.29, 0.717) is 29.5 Å². The van der Waals surface area contributed by atoms with Crippen molar-refractivity contribution in [1.82, 2.24) is 4.90 Å². The van der Waals surface area contributed by atoms with Crippen LogP contribution in [0.3, 0.4) is 0 Å². The topological polar surface area (TPSA) is 71.4 Å². The van der Waals surface area contributed by atoms with Crippen molar-refractivity contribution in [3.05, 3.63) is 52.0 Å². The number of benzene rings is 2. The molecule has 0 amide bonds. The van der Waals surface area contributed by atoms with E-state index in [1.807, 2.05) is 37.3 Å². The molecule has 2 aliphatic rings. The molecule has 7 heteroatoms. The lowest BCUT2D eigenvalue weighted by molar-refractivity contribution is -0.0588. The second-order valence-corrected chi connectivity index (χ2v) is 8.98. The fourth-order valence-corrected chi connectivity index (χ4v) is 4.79. The first-order valence-electron chi connectivity index (χ1n) is 10.6. The zero-order valence-electron chi connectivity index (χ0n) is 18.2. The highest BCUT2D eigenvalue weighted by Gasteiger charge is 2.43. The second kappa shape index (κ2) is 8.87. The summed E-state index contributed by atoms with van der Waals surface area (Å²) in [5.41, 5.74) is 2.13. The summed E-state index contributed by atoms with van der Waals surface area (Å²) < 4.78 is 17.0. The zero-order chi connectivity index (χ0) is 22.2. The molecule has 0 radical (unpaired) electrons. The van der Waals surface area contributed by atoms with Crippen molar-refractivity contribution in [2.24, 2.45) is 0 Å². The molecule has 4 rings (SSSR count). The number of aliphatic hydroxyl groups is 2. The third kappa shape index (κ3) is 4.48. The van der Waals surface area contributed by atoms with E-state index in [9.17, 15) is 10.2 Å². The number of piperidine rings is 1. The van der Waals surface area contributed by atoms with Crippen LogP contribution in [-0.4, -0.2) is 54.6 Å². The molecule has 2 atom stereocenters. The van der Waals surface area contributed by atoms with E-state index in [-0.39, 0.29) is 5.60 Å². The van der Waals surface area contributed by atoms with Crippen LogP contribution in [0, 0.1) is 6.92 Å². The number of fused-ring (bicyclic) bond motifs is 1. The fraction of sp³-hybridized carbons (Fsp3) is 0.500. The molecule has 1 saturated heterocycles. The third-order valence-electron chi connectivity index (χ3n) is 6.53. The van der Waals surface area contributed by atoms with Gasteiger partial charge in [-0.05, 0) is 55.2 Å². The van der Waals surface area contributed by atoms with Crippen LogP contribution in [0.2, 0.25) is 5.02 Å². The van der Waals surface area contributed by atoms with E-state index in [0.717, 1.165) is 48.4 Å². The number of aliphatic hydroxyl groups excluding tert-OH is 2. The first-order valence-corrected chi connectivity index (χ1v) is 11.0. The Bertz CT molecular complexity index is 942. The van der Waals surface area contributed by atoms with Crippen LogP contribution >= 0.6 is 11.6 Å². The summed E-state index contributed by atoms with van der Waals surface area (Å²) in [6, 6.07) is 9.24. The average molecular weight is 448 g/mol. The highest BCUT2D eigenvalue weighted by Crippen LogP contribution is 2.46. The highest BCUT2D eigenvalue weighted by atomic mass is 35.5. The Hall–Kier alpha value is -1.99. The van der Waals surface area contributed by atoms with Crippen molar-refractivity contribution in [1.29, 1.82) is 0 Å². The lowest BCUT2D eigenvalue weighted by Gasteiger charge is -2.46. The van der Waals surface area contributed by atoms with Gasteiger partial charge in [0.1, 0.15) is 11.4 Å². The maximum absolute atomic E-state index is 10.8. The minimum absolute atomic E-state index is 0.378. The monoisotopic (exact) mass is 447 g/mol. The largest absolute Gasteiger partial charge is 0.493 e. The predicted molar refractivity (Wildman–Crippen MR) is 119 cm³/mol. The number of methoxy groups -OCH3 is 2. The Morgan fingerprint density at radius 3 is 2.55 bits per heavy atom.